The molecule has 88 valence electrons. The number of methoxy groups -OCH3 is 1. The van der Waals surface area contributed by atoms with Crippen LogP contribution in [0.4, 0.5) is 5.82 Å². The Bertz CT molecular complexity index is 418. The molecule has 0 amide bonds. The molecular weight excluding hydrogens is 210 g/mol. The van der Waals surface area contributed by atoms with Crippen molar-refractivity contribution in [1.29, 1.82) is 0 Å². The lowest BCUT2D eigenvalue weighted by Gasteiger charge is -2.31. The zero-order chi connectivity index (χ0) is 11.5. The smallest absolute Gasteiger partial charge is 0.295 e. The van der Waals surface area contributed by atoms with Crippen LogP contribution in [0.3, 0.4) is 0 Å². The number of hydrogen-bond donors (Lipinski definition) is 2. The Balaban J connectivity index is 2.32. The minimum atomic E-state index is -0.362. The third kappa shape index (κ3) is 2.01. The van der Waals surface area contributed by atoms with E-state index in [9.17, 15) is 9.90 Å². The third-order valence-corrected chi connectivity index (χ3v) is 2.69. The number of aromatic nitrogens is 2. The topological polar surface area (TPSA) is 78.5 Å². The fraction of sp³-hybridized carbons (Fsp3) is 0.600. The molecule has 6 heteroatoms. The molecule has 1 fully saturated rings. The fourth-order valence-electron chi connectivity index (χ4n) is 1.93. The van der Waals surface area contributed by atoms with Crippen molar-refractivity contribution >= 4 is 5.82 Å². The van der Waals surface area contributed by atoms with Crippen LogP contribution in [0.25, 0.3) is 0 Å². The van der Waals surface area contributed by atoms with Gasteiger partial charge in [0.1, 0.15) is 0 Å². The highest BCUT2D eigenvalue weighted by Gasteiger charge is 2.22. The van der Waals surface area contributed by atoms with E-state index in [-0.39, 0.29) is 17.4 Å². The lowest BCUT2D eigenvalue weighted by molar-refractivity contribution is 0.153. The van der Waals surface area contributed by atoms with Crippen molar-refractivity contribution in [2.24, 2.45) is 0 Å². The van der Waals surface area contributed by atoms with Gasteiger partial charge in [-0.1, -0.05) is 0 Å². The summed E-state index contributed by atoms with van der Waals surface area (Å²) in [4.78, 5) is 19.9. The van der Waals surface area contributed by atoms with E-state index in [1.54, 1.807) is 0 Å². The van der Waals surface area contributed by atoms with Gasteiger partial charge in [-0.05, 0) is 12.8 Å². The van der Waals surface area contributed by atoms with E-state index in [1.165, 1.54) is 13.4 Å². The second-order valence-corrected chi connectivity index (χ2v) is 3.83. The second-order valence-electron chi connectivity index (χ2n) is 3.83. The standard InChI is InChI=1S/C10H15N3O3/c1-16-8-9(11-6-12-10(8)15)13-4-2-3-7(14)5-13/h6-7,14H,2-5H2,1H3,(H,11,12,15). The molecule has 1 aliphatic heterocycles. The lowest BCUT2D eigenvalue weighted by atomic mass is 10.1. The number of aliphatic hydroxyl groups excluding tert-OH is 1. The van der Waals surface area contributed by atoms with Crippen LogP contribution >= 0.6 is 0 Å². The minimum absolute atomic E-state index is 0.205. The van der Waals surface area contributed by atoms with Crippen LogP contribution in [0.1, 0.15) is 12.8 Å². The van der Waals surface area contributed by atoms with Gasteiger partial charge in [0.2, 0.25) is 5.75 Å². The largest absolute Gasteiger partial charge is 0.489 e. The second kappa shape index (κ2) is 4.52. The summed E-state index contributed by atoms with van der Waals surface area (Å²) in [5, 5.41) is 9.58. The van der Waals surface area contributed by atoms with Crippen LogP contribution in [0, 0.1) is 0 Å². The summed E-state index contributed by atoms with van der Waals surface area (Å²) in [5.41, 5.74) is -0.299. The van der Waals surface area contributed by atoms with Gasteiger partial charge in [0.05, 0.1) is 19.5 Å². The van der Waals surface area contributed by atoms with Gasteiger partial charge < -0.3 is 19.7 Å². The van der Waals surface area contributed by atoms with E-state index < -0.39 is 0 Å². The predicted octanol–water partition coefficient (Wildman–Crippen LogP) is -0.260. The summed E-state index contributed by atoms with van der Waals surface area (Å²) < 4.78 is 5.04. The Morgan fingerprint density at radius 2 is 2.50 bits per heavy atom. The molecule has 0 aliphatic carbocycles. The number of piperidine rings is 1. The zero-order valence-electron chi connectivity index (χ0n) is 9.14. The molecule has 1 aliphatic rings. The molecule has 1 saturated heterocycles. The van der Waals surface area contributed by atoms with Crippen molar-refractivity contribution in [2.75, 3.05) is 25.1 Å². The first-order valence-electron chi connectivity index (χ1n) is 5.27. The molecule has 6 nitrogen and oxygen atoms in total. The predicted molar refractivity (Wildman–Crippen MR) is 58.9 cm³/mol. The first-order valence-corrected chi connectivity index (χ1v) is 5.27. The van der Waals surface area contributed by atoms with Crippen LogP contribution in [-0.2, 0) is 0 Å². The molecule has 1 atom stereocenters. The first kappa shape index (κ1) is 10.9. The van der Waals surface area contributed by atoms with Crippen LogP contribution in [0.15, 0.2) is 11.1 Å². The van der Waals surface area contributed by atoms with Gasteiger partial charge in [-0.2, -0.15) is 0 Å². The average molecular weight is 225 g/mol. The molecule has 0 spiro atoms. The molecule has 16 heavy (non-hydrogen) atoms. The summed E-state index contributed by atoms with van der Waals surface area (Å²) >= 11 is 0. The van der Waals surface area contributed by atoms with Crippen molar-refractivity contribution in [3.05, 3.63) is 16.7 Å². The number of rotatable bonds is 2. The fourth-order valence-corrected chi connectivity index (χ4v) is 1.93. The van der Waals surface area contributed by atoms with E-state index >= 15 is 0 Å². The van der Waals surface area contributed by atoms with E-state index in [0.29, 0.717) is 12.4 Å². The summed E-state index contributed by atoms with van der Waals surface area (Å²) in [7, 11) is 1.44. The Morgan fingerprint density at radius 1 is 1.69 bits per heavy atom. The number of nitrogens with one attached hydrogen (secondary N) is 1. The minimum Gasteiger partial charge on any atom is -0.489 e. The van der Waals surface area contributed by atoms with Gasteiger partial charge in [0.15, 0.2) is 5.82 Å². The number of H-pyrrole nitrogens is 1. The molecule has 2 N–H and O–H groups in total. The van der Waals surface area contributed by atoms with Gasteiger partial charge in [-0.25, -0.2) is 4.98 Å². The highest BCUT2D eigenvalue weighted by Crippen LogP contribution is 2.23. The Morgan fingerprint density at radius 3 is 3.19 bits per heavy atom. The Hall–Kier alpha value is -1.56. The van der Waals surface area contributed by atoms with Gasteiger partial charge >= 0.3 is 0 Å². The number of aromatic amines is 1. The van der Waals surface area contributed by atoms with Gasteiger partial charge in [0, 0.05) is 13.1 Å². The number of hydrogen-bond acceptors (Lipinski definition) is 5. The molecule has 1 aromatic rings. The summed E-state index contributed by atoms with van der Waals surface area (Å²) in [5.74, 6) is 0.710. The van der Waals surface area contributed by atoms with Crippen molar-refractivity contribution in [3.8, 4) is 5.75 Å². The van der Waals surface area contributed by atoms with Gasteiger partial charge in [0.25, 0.3) is 5.56 Å². The molecule has 2 heterocycles. The SMILES string of the molecule is COc1c(N2CCCC(O)C2)nc[nH]c1=O. The maximum Gasteiger partial charge on any atom is 0.295 e. The average Bonchev–Trinajstić information content (AvgIpc) is 2.28. The van der Waals surface area contributed by atoms with Gasteiger partial charge in [-0.3, -0.25) is 4.79 Å². The number of ether oxygens (including phenoxy) is 1. The molecule has 0 bridgehead atoms. The molecule has 0 radical (unpaired) electrons. The van der Waals surface area contributed by atoms with E-state index in [4.69, 9.17) is 4.74 Å². The van der Waals surface area contributed by atoms with Gasteiger partial charge in [-0.15, -0.1) is 0 Å². The van der Waals surface area contributed by atoms with E-state index in [2.05, 4.69) is 9.97 Å². The molecule has 0 saturated carbocycles. The highest BCUT2D eigenvalue weighted by molar-refractivity contribution is 5.51. The summed E-state index contributed by atoms with van der Waals surface area (Å²) in [6.07, 6.45) is 2.67. The van der Waals surface area contributed by atoms with Crippen molar-refractivity contribution < 1.29 is 9.84 Å². The van der Waals surface area contributed by atoms with Crippen molar-refractivity contribution in [3.63, 3.8) is 0 Å². The quantitative estimate of drug-likeness (QED) is 0.725. The zero-order valence-corrected chi connectivity index (χ0v) is 9.14. The Labute approximate surface area is 92.9 Å². The molecule has 0 aromatic carbocycles. The molecular formula is C10H15N3O3. The number of aliphatic hydroxyl groups is 1. The van der Waals surface area contributed by atoms with E-state index in [0.717, 1.165) is 19.4 Å². The monoisotopic (exact) mass is 225 g/mol. The summed E-state index contributed by atoms with van der Waals surface area (Å²) in [6, 6.07) is 0. The number of β-amino-alcohol motifs (C(OH)–C–C–N with tert-alkyl or cyclic N) is 1. The number of nitrogens with zero attached hydrogens (tertiary/aromatic N) is 2. The van der Waals surface area contributed by atoms with Crippen molar-refractivity contribution in [2.45, 2.75) is 18.9 Å². The van der Waals surface area contributed by atoms with Crippen LogP contribution < -0.4 is 15.2 Å². The molecule has 1 aromatic heterocycles. The van der Waals surface area contributed by atoms with Crippen LogP contribution in [0.5, 0.6) is 5.75 Å². The molecule has 2 rings (SSSR count). The highest BCUT2D eigenvalue weighted by atomic mass is 16.5. The third-order valence-electron chi connectivity index (χ3n) is 2.69. The Kier molecular flexibility index (Phi) is 3.09. The molecule has 1 unspecified atom stereocenters. The van der Waals surface area contributed by atoms with Crippen molar-refractivity contribution in [1.82, 2.24) is 9.97 Å². The number of anilines is 1. The van der Waals surface area contributed by atoms with Crippen LogP contribution in [-0.4, -0.2) is 41.4 Å². The van der Waals surface area contributed by atoms with Crippen LogP contribution in [0.2, 0.25) is 0 Å². The summed E-state index contributed by atoms with van der Waals surface area (Å²) in [6.45, 7) is 1.27. The lowest BCUT2D eigenvalue weighted by Crippen LogP contribution is -2.39. The maximum atomic E-state index is 11.5. The normalized spacial score (nSPS) is 20.9. The maximum absolute atomic E-state index is 11.5. The van der Waals surface area contributed by atoms with E-state index in [1.807, 2.05) is 4.90 Å². The first-order chi connectivity index (χ1) is 7.72.